The molecule has 2 amide bonds. The molecule has 0 radical (unpaired) electrons. The van der Waals surface area contributed by atoms with E-state index in [2.05, 4.69) is 10.6 Å². The first-order valence-corrected chi connectivity index (χ1v) is 8.28. The first kappa shape index (κ1) is 19.2. The molecule has 3 aromatic carbocycles. The average molecular weight is 384 g/mol. The van der Waals surface area contributed by atoms with E-state index in [1.54, 1.807) is 18.2 Å². The van der Waals surface area contributed by atoms with Crippen LogP contribution in [0.3, 0.4) is 0 Å². The average Bonchev–Trinajstić information content (AvgIpc) is 2.68. The number of nitrogens with one attached hydrogen (secondary N) is 2. The first-order chi connectivity index (χ1) is 13.3. The van der Waals surface area contributed by atoms with Gasteiger partial charge in [0.2, 0.25) is 0 Å². The van der Waals surface area contributed by atoms with Crippen LogP contribution in [0, 0.1) is 24.4 Å². The molecular formula is C21H15F3N2O2. The lowest BCUT2D eigenvalue weighted by Gasteiger charge is -2.09. The second-order valence-electron chi connectivity index (χ2n) is 6.08. The highest BCUT2D eigenvalue weighted by molar-refractivity contribution is 6.08. The van der Waals surface area contributed by atoms with Crippen LogP contribution in [0.5, 0.6) is 0 Å². The summed E-state index contributed by atoms with van der Waals surface area (Å²) in [4.78, 5) is 24.7. The minimum atomic E-state index is -1.68. The summed E-state index contributed by atoms with van der Waals surface area (Å²) in [6, 6.07) is 14.6. The SMILES string of the molecule is Cc1cccc(NC(=O)c2cccc(C(=O)Nc3ccc(F)c(F)c3F)c2)c1. The van der Waals surface area contributed by atoms with Gasteiger partial charge in [0, 0.05) is 16.8 Å². The van der Waals surface area contributed by atoms with Crippen molar-refractivity contribution in [3.8, 4) is 0 Å². The van der Waals surface area contributed by atoms with Crippen molar-refractivity contribution in [2.45, 2.75) is 6.92 Å². The van der Waals surface area contributed by atoms with Crippen molar-refractivity contribution in [3.05, 3.63) is 94.8 Å². The minimum absolute atomic E-state index is 0.0565. The summed E-state index contributed by atoms with van der Waals surface area (Å²) >= 11 is 0. The topological polar surface area (TPSA) is 58.2 Å². The lowest BCUT2D eigenvalue weighted by molar-refractivity contribution is 0.102. The van der Waals surface area contributed by atoms with Gasteiger partial charge in [-0.15, -0.1) is 0 Å². The molecule has 0 atom stereocenters. The molecule has 0 heterocycles. The molecule has 7 heteroatoms. The molecule has 0 aliphatic rings. The molecule has 2 N–H and O–H groups in total. The van der Waals surface area contributed by atoms with Gasteiger partial charge in [-0.2, -0.15) is 0 Å². The summed E-state index contributed by atoms with van der Waals surface area (Å²) in [5, 5.41) is 4.88. The fourth-order valence-corrected chi connectivity index (χ4v) is 2.54. The first-order valence-electron chi connectivity index (χ1n) is 8.28. The third-order valence-electron chi connectivity index (χ3n) is 3.95. The van der Waals surface area contributed by atoms with E-state index in [0.717, 1.165) is 11.6 Å². The predicted octanol–water partition coefficient (Wildman–Crippen LogP) is 4.92. The molecule has 4 nitrogen and oxygen atoms in total. The van der Waals surface area contributed by atoms with Crippen LogP contribution in [0.4, 0.5) is 24.5 Å². The van der Waals surface area contributed by atoms with Crippen LogP contribution in [0.25, 0.3) is 0 Å². The van der Waals surface area contributed by atoms with Crippen molar-refractivity contribution in [3.63, 3.8) is 0 Å². The molecule has 28 heavy (non-hydrogen) atoms. The van der Waals surface area contributed by atoms with Crippen LogP contribution in [0.1, 0.15) is 26.3 Å². The minimum Gasteiger partial charge on any atom is -0.322 e. The second kappa shape index (κ2) is 7.96. The maximum absolute atomic E-state index is 13.7. The van der Waals surface area contributed by atoms with Gasteiger partial charge in [0.25, 0.3) is 11.8 Å². The highest BCUT2D eigenvalue weighted by Gasteiger charge is 2.17. The Balaban J connectivity index is 1.78. The van der Waals surface area contributed by atoms with Crippen LogP contribution in [0.2, 0.25) is 0 Å². The van der Waals surface area contributed by atoms with E-state index in [-0.39, 0.29) is 11.1 Å². The maximum Gasteiger partial charge on any atom is 0.255 e. The summed E-state index contributed by atoms with van der Waals surface area (Å²) in [5.74, 6) is -5.73. The molecule has 0 saturated heterocycles. The Bertz CT molecular complexity index is 1070. The third kappa shape index (κ3) is 4.20. The third-order valence-corrected chi connectivity index (χ3v) is 3.95. The van der Waals surface area contributed by atoms with Gasteiger partial charge in [0.1, 0.15) is 0 Å². The molecule has 0 fully saturated rings. The van der Waals surface area contributed by atoms with E-state index in [0.29, 0.717) is 11.8 Å². The van der Waals surface area contributed by atoms with Crippen LogP contribution < -0.4 is 10.6 Å². The largest absolute Gasteiger partial charge is 0.322 e. The fraction of sp³-hybridized carbons (Fsp3) is 0.0476. The highest BCUT2D eigenvalue weighted by Crippen LogP contribution is 2.20. The monoisotopic (exact) mass is 384 g/mol. The van der Waals surface area contributed by atoms with Gasteiger partial charge in [-0.3, -0.25) is 9.59 Å². The number of aryl methyl sites for hydroxylation is 1. The maximum atomic E-state index is 13.7. The van der Waals surface area contributed by atoms with Gasteiger partial charge in [0.05, 0.1) is 5.69 Å². The lowest BCUT2D eigenvalue weighted by atomic mass is 10.1. The van der Waals surface area contributed by atoms with Crippen LogP contribution >= 0.6 is 0 Å². The molecule has 0 aromatic heterocycles. The Hall–Kier alpha value is -3.61. The molecular weight excluding hydrogens is 369 g/mol. The number of rotatable bonds is 4. The van der Waals surface area contributed by atoms with Crippen LogP contribution in [0.15, 0.2) is 60.7 Å². The fourth-order valence-electron chi connectivity index (χ4n) is 2.54. The zero-order valence-electron chi connectivity index (χ0n) is 14.7. The van der Waals surface area contributed by atoms with E-state index < -0.39 is 35.0 Å². The number of carbonyl (C=O) groups is 2. The van der Waals surface area contributed by atoms with Crippen molar-refractivity contribution in [2.75, 3.05) is 10.6 Å². The van der Waals surface area contributed by atoms with Crippen molar-refractivity contribution in [1.29, 1.82) is 0 Å². The summed E-state index contributed by atoms with van der Waals surface area (Å²) in [6.07, 6.45) is 0. The van der Waals surface area contributed by atoms with Crippen LogP contribution in [-0.2, 0) is 0 Å². The van der Waals surface area contributed by atoms with Gasteiger partial charge < -0.3 is 10.6 Å². The van der Waals surface area contributed by atoms with Crippen molar-refractivity contribution in [2.24, 2.45) is 0 Å². The van der Waals surface area contributed by atoms with Crippen molar-refractivity contribution >= 4 is 23.2 Å². The molecule has 0 aliphatic heterocycles. The number of amides is 2. The lowest BCUT2D eigenvalue weighted by Crippen LogP contribution is -2.16. The van der Waals surface area contributed by atoms with Gasteiger partial charge >= 0.3 is 0 Å². The summed E-state index contributed by atoms with van der Waals surface area (Å²) in [6.45, 7) is 1.89. The molecule has 0 aliphatic carbocycles. The molecule has 3 rings (SSSR count). The predicted molar refractivity (Wildman–Crippen MR) is 99.8 cm³/mol. The molecule has 0 bridgehead atoms. The molecule has 142 valence electrons. The standard InChI is InChI=1S/C21H15F3N2O2/c1-12-4-2-7-15(10-12)25-20(27)13-5-3-6-14(11-13)21(28)26-17-9-8-16(22)18(23)19(17)24/h2-11H,1H3,(H,25,27)(H,26,28). The summed E-state index contributed by atoms with van der Waals surface area (Å²) in [5.41, 5.74) is 1.34. The summed E-state index contributed by atoms with van der Waals surface area (Å²) in [7, 11) is 0. The van der Waals surface area contributed by atoms with Gasteiger partial charge in [0.15, 0.2) is 17.5 Å². The van der Waals surface area contributed by atoms with E-state index in [1.165, 1.54) is 24.3 Å². The Morgan fingerprint density at radius 3 is 2.07 bits per heavy atom. The smallest absolute Gasteiger partial charge is 0.255 e. The quantitative estimate of drug-likeness (QED) is 0.628. The molecule has 0 saturated carbocycles. The van der Waals surface area contributed by atoms with E-state index in [9.17, 15) is 22.8 Å². The number of hydrogen-bond acceptors (Lipinski definition) is 2. The van der Waals surface area contributed by atoms with Crippen molar-refractivity contribution < 1.29 is 22.8 Å². The van der Waals surface area contributed by atoms with E-state index in [1.807, 2.05) is 13.0 Å². The Morgan fingerprint density at radius 1 is 0.750 bits per heavy atom. The number of carbonyl (C=O) groups excluding carboxylic acids is 2. The van der Waals surface area contributed by atoms with Gasteiger partial charge in [-0.05, 0) is 55.0 Å². The van der Waals surface area contributed by atoms with E-state index >= 15 is 0 Å². The Morgan fingerprint density at radius 2 is 1.39 bits per heavy atom. The number of anilines is 2. The van der Waals surface area contributed by atoms with E-state index in [4.69, 9.17) is 0 Å². The summed E-state index contributed by atoms with van der Waals surface area (Å²) < 4.78 is 40.0. The second-order valence-corrected chi connectivity index (χ2v) is 6.08. The molecule has 3 aromatic rings. The highest BCUT2D eigenvalue weighted by atomic mass is 19.2. The Kier molecular flexibility index (Phi) is 5.44. The van der Waals surface area contributed by atoms with Crippen molar-refractivity contribution in [1.82, 2.24) is 0 Å². The molecule has 0 unspecified atom stereocenters. The zero-order chi connectivity index (χ0) is 20.3. The number of halogens is 3. The normalized spacial score (nSPS) is 10.4. The van der Waals surface area contributed by atoms with Crippen LogP contribution in [-0.4, -0.2) is 11.8 Å². The van der Waals surface area contributed by atoms with Gasteiger partial charge in [-0.1, -0.05) is 18.2 Å². The number of hydrogen-bond donors (Lipinski definition) is 2. The number of benzene rings is 3. The molecule has 0 spiro atoms. The zero-order valence-corrected chi connectivity index (χ0v) is 14.7. The van der Waals surface area contributed by atoms with Gasteiger partial charge in [-0.25, -0.2) is 13.2 Å². The Labute approximate surface area is 159 Å².